The number of aromatic nitrogens is 2. The molecule has 21 heavy (non-hydrogen) atoms. The molecule has 0 aliphatic heterocycles. The van der Waals surface area contributed by atoms with E-state index in [1.165, 1.54) is 0 Å². The Morgan fingerprint density at radius 2 is 2.10 bits per heavy atom. The van der Waals surface area contributed by atoms with Gasteiger partial charge in [0, 0.05) is 39.7 Å². The summed E-state index contributed by atoms with van der Waals surface area (Å²) in [6.07, 6.45) is 1.86. The average Bonchev–Trinajstić information content (AvgIpc) is 2.46. The van der Waals surface area contributed by atoms with Crippen LogP contribution in [-0.4, -0.2) is 43.1 Å². The van der Waals surface area contributed by atoms with E-state index in [-0.39, 0.29) is 11.8 Å². The molecule has 1 aromatic rings. The van der Waals surface area contributed by atoms with Crippen molar-refractivity contribution in [2.24, 2.45) is 5.92 Å². The van der Waals surface area contributed by atoms with E-state index < -0.39 is 0 Å². The fourth-order valence-corrected chi connectivity index (χ4v) is 2.12. The number of carbonyl (C=O) groups excluding carboxylic acids is 1. The Kier molecular flexibility index (Phi) is 6.91. The standard InChI is InChI=1S/C15H27N5O/c1-6-8-12-18-13(17-7-2)9-14(19-12)20(5)10-11(3)15(21)16-4/h9,11H,6-8,10H2,1-5H3,(H,16,21)(H,17,18,19). The lowest BCUT2D eigenvalue weighted by atomic mass is 10.1. The summed E-state index contributed by atoms with van der Waals surface area (Å²) in [6.45, 7) is 7.50. The zero-order valence-corrected chi connectivity index (χ0v) is 13.7. The highest BCUT2D eigenvalue weighted by Crippen LogP contribution is 2.17. The summed E-state index contributed by atoms with van der Waals surface area (Å²) in [4.78, 5) is 22.7. The van der Waals surface area contributed by atoms with Crippen molar-refractivity contribution in [1.29, 1.82) is 0 Å². The minimum atomic E-state index is -0.0906. The maximum atomic E-state index is 11.6. The molecule has 0 radical (unpaired) electrons. The van der Waals surface area contributed by atoms with Crippen molar-refractivity contribution in [2.75, 3.05) is 37.4 Å². The first-order chi connectivity index (χ1) is 10.0. The first-order valence-corrected chi connectivity index (χ1v) is 7.56. The molecule has 1 unspecified atom stereocenters. The lowest BCUT2D eigenvalue weighted by Gasteiger charge is -2.22. The van der Waals surface area contributed by atoms with Crippen molar-refractivity contribution in [2.45, 2.75) is 33.6 Å². The molecule has 6 nitrogen and oxygen atoms in total. The molecule has 0 saturated heterocycles. The van der Waals surface area contributed by atoms with Gasteiger partial charge in [-0.3, -0.25) is 4.79 Å². The van der Waals surface area contributed by atoms with Crippen molar-refractivity contribution in [3.63, 3.8) is 0 Å². The molecule has 0 aliphatic carbocycles. The zero-order valence-electron chi connectivity index (χ0n) is 13.7. The lowest BCUT2D eigenvalue weighted by molar-refractivity contribution is -0.123. The Bertz CT molecular complexity index is 439. The predicted molar refractivity (Wildman–Crippen MR) is 86.7 cm³/mol. The van der Waals surface area contributed by atoms with Crippen molar-refractivity contribution in [3.05, 3.63) is 11.9 Å². The highest BCUT2D eigenvalue weighted by atomic mass is 16.1. The van der Waals surface area contributed by atoms with Gasteiger partial charge in [0.1, 0.15) is 17.5 Å². The summed E-state index contributed by atoms with van der Waals surface area (Å²) in [7, 11) is 3.61. The van der Waals surface area contributed by atoms with Gasteiger partial charge in [-0.25, -0.2) is 9.97 Å². The normalized spacial score (nSPS) is 11.9. The minimum Gasteiger partial charge on any atom is -0.370 e. The lowest BCUT2D eigenvalue weighted by Crippen LogP contribution is -2.34. The van der Waals surface area contributed by atoms with E-state index in [0.717, 1.165) is 36.8 Å². The number of anilines is 2. The Labute approximate surface area is 127 Å². The predicted octanol–water partition coefficient (Wildman–Crippen LogP) is 1.68. The largest absolute Gasteiger partial charge is 0.370 e. The molecule has 0 saturated carbocycles. The topological polar surface area (TPSA) is 70.2 Å². The average molecular weight is 293 g/mol. The SMILES string of the molecule is CCCc1nc(NCC)cc(N(C)CC(C)C(=O)NC)n1. The second-order valence-electron chi connectivity index (χ2n) is 5.20. The van der Waals surface area contributed by atoms with Crippen LogP contribution in [0.5, 0.6) is 0 Å². The third-order valence-corrected chi connectivity index (χ3v) is 3.22. The molecule has 0 aromatic carbocycles. The number of hydrogen-bond donors (Lipinski definition) is 2. The van der Waals surface area contributed by atoms with Crippen LogP contribution in [0.3, 0.4) is 0 Å². The summed E-state index contributed by atoms with van der Waals surface area (Å²) in [5, 5.41) is 5.91. The van der Waals surface area contributed by atoms with Gasteiger partial charge < -0.3 is 15.5 Å². The van der Waals surface area contributed by atoms with Gasteiger partial charge in [0.2, 0.25) is 5.91 Å². The van der Waals surface area contributed by atoms with Gasteiger partial charge in [0.05, 0.1) is 5.92 Å². The quantitative estimate of drug-likeness (QED) is 0.763. The van der Waals surface area contributed by atoms with Crippen LogP contribution >= 0.6 is 0 Å². The molecule has 1 rings (SSSR count). The Morgan fingerprint density at radius 3 is 2.67 bits per heavy atom. The van der Waals surface area contributed by atoms with Gasteiger partial charge in [-0.1, -0.05) is 13.8 Å². The molecule has 0 aliphatic rings. The van der Waals surface area contributed by atoms with E-state index in [1.54, 1.807) is 7.05 Å². The van der Waals surface area contributed by atoms with Gasteiger partial charge in [0.15, 0.2) is 0 Å². The maximum Gasteiger partial charge on any atom is 0.224 e. The van der Waals surface area contributed by atoms with E-state index in [9.17, 15) is 4.79 Å². The first kappa shape index (κ1) is 17.2. The molecule has 1 aromatic heterocycles. The van der Waals surface area contributed by atoms with Crippen LogP contribution in [0.4, 0.5) is 11.6 Å². The molecule has 0 spiro atoms. The number of hydrogen-bond acceptors (Lipinski definition) is 5. The fraction of sp³-hybridized carbons (Fsp3) is 0.667. The van der Waals surface area contributed by atoms with E-state index >= 15 is 0 Å². The first-order valence-electron chi connectivity index (χ1n) is 7.56. The smallest absolute Gasteiger partial charge is 0.224 e. The minimum absolute atomic E-state index is 0.0385. The molecular weight excluding hydrogens is 266 g/mol. The van der Waals surface area contributed by atoms with Gasteiger partial charge in [0.25, 0.3) is 0 Å². The number of amides is 1. The molecular formula is C15H27N5O. The van der Waals surface area contributed by atoms with Crippen LogP contribution < -0.4 is 15.5 Å². The van der Waals surface area contributed by atoms with Crippen molar-refractivity contribution in [3.8, 4) is 0 Å². The molecule has 0 fully saturated rings. The van der Waals surface area contributed by atoms with Crippen molar-refractivity contribution >= 4 is 17.5 Å². The zero-order chi connectivity index (χ0) is 15.8. The number of rotatable bonds is 8. The summed E-state index contributed by atoms with van der Waals surface area (Å²) in [5.74, 6) is 2.47. The van der Waals surface area contributed by atoms with Crippen LogP contribution in [0, 0.1) is 5.92 Å². The highest BCUT2D eigenvalue weighted by molar-refractivity contribution is 5.78. The molecule has 6 heteroatoms. The molecule has 1 atom stereocenters. The molecule has 118 valence electrons. The van der Waals surface area contributed by atoms with Crippen molar-refractivity contribution in [1.82, 2.24) is 15.3 Å². The number of nitrogens with one attached hydrogen (secondary N) is 2. The van der Waals surface area contributed by atoms with Gasteiger partial charge in [-0.2, -0.15) is 0 Å². The van der Waals surface area contributed by atoms with Gasteiger partial charge >= 0.3 is 0 Å². The van der Waals surface area contributed by atoms with Gasteiger partial charge in [-0.05, 0) is 13.3 Å². The number of nitrogens with zero attached hydrogens (tertiary/aromatic N) is 3. The van der Waals surface area contributed by atoms with Crippen LogP contribution in [0.15, 0.2) is 6.07 Å². The van der Waals surface area contributed by atoms with Crippen LogP contribution in [0.2, 0.25) is 0 Å². The monoisotopic (exact) mass is 293 g/mol. The highest BCUT2D eigenvalue weighted by Gasteiger charge is 2.15. The molecule has 1 amide bonds. The van der Waals surface area contributed by atoms with Crippen LogP contribution in [0.1, 0.15) is 33.0 Å². The molecule has 0 bridgehead atoms. The van der Waals surface area contributed by atoms with Crippen molar-refractivity contribution < 1.29 is 4.79 Å². The number of aryl methyl sites for hydroxylation is 1. The van der Waals surface area contributed by atoms with E-state index in [4.69, 9.17) is 0 Å². The van der Waals surface area contributed by atoms with Gasteiger partial charge in [-0.15, -0.1) is 0 Å². The maximum absolute atomic E-state index is 11.6. The molecule has 1 heterocycles. The summed E-state index contributed by atoms with van der Waals surface area (Å²) in [5.41, 5.74) is 0. The summed E-state index contributed by atoms with van der Waals surface area (Å²) in [6, 6.07) is 1.93. The van der Waals surface area contributed by atoms with Crippen LogP contribution in [0.25, 0.3) is 0 Å². The Hall–Kier alpha value is -1.85. The summed E-state index contributed by atoms with van der Waals surface area (Å²) >= 11 is 0. The van der Waals surface area contributed by atoms with Crippen LogP contribution in [-0.2, 0) is 11.2 Å². The fourth-order valence-electron chi connectivity index (χ4n) is 2.12. The van der Waals surface area contributed by atoms with E-state index in [0.29, 0.717) is 6.54 Å². The molecule has 2 N–H and O–H groups in total. The second-order valence-corrected chi connectivity index (χ2v) is 5.20. The number of carbonyl (C=O) groups is 1. The van der Waals surface area contributed by atoms with E-state index in [1.807, 2.05) is 31.9 Å². The third-order valence-electron chi connectivity index (χ3n) is 3.22. The Morgan fingerprint density at radius 1 is 1.38 bits per heavy atom. The third kappa shape index (κ3) is 5.21. The summed E-state index contributed by atoms with van der Waals surface area (Å²) < 4.78 is 0. The Balaban J connectivity index is 2.90. The second kappa shape index (κ2) is 8.44. The van der Waals surface area contributed by atoms with E-state index in [2.05, 4.69) is 27.5 Å².